The van der Waals surface area contributed by atoms with Crippen molar-refractivity contribution in [2.75, 3.05) is 5.32 Å². The Hall–Kier alpha value is -3.08. The van der Waals surface area contributed by atoms with Gasteiger partial charge in [0.1, 0.15) is 11.6 Å². The number of aromatic nitrogens is 1. The van der Waals surface area contributed by atoms with Crippen LogP contribution < -0.4 is 5.32 Å². The largest absolute Gasteiger partial charge is 0.508 e. The lowest BCUT2D eigenvalue weighted by atomic mass is 9.97. The molecule has 0 aliphatic heterocycles. The zero-order valence-corrected chi connectivity index (χ0v) is 11.6. The van der Waals surface area contributed by atoms with Gasteiger partial charge in [0.15, 0.2) is 6.04 Å². The molecule has 0 fully saturated rings. The number of carboxylic acids is 1. The Labute approximate surface area is 126 Å². The molecule has 1 heterocycles. The Morgan fingerprint density at radius 2 is 1.82 bits per heavy atom. The summed E-state index contributed by atoms with van der Waals surface area (Å²) in [6.45, 7) is 0. The fourth-order valence-electron chi connectivity index (χ4n) is 2.44. The van der Waals surface area contributed by atoms with Gasteiger partial charge in [0.25, 0.3) is 0 Å². The first-order chi connectivity index (χ1) is 10.7. The standard InChI is InChI=1S/C17H14N2O3/c20-13-9-8-11-5-1-2-6-12(11)15(13)16(17(21)22)19-14-7-3-4-10-18-14/h1-10,16,20H,(H,18,19)(H,21,22). The van der Waals surface area contributed by atoms with Gasteiger partial charge in [-0.15, -0.1) is 0 Å². The van der Waals surface area contributed by atoms with Gasteiger partial charge >= 0.3 is 5.97 Å². The molecule has 0 saturated carbocycles. The summed E-state index contributed by atoms with van der Waals surface area (Å²) in [6.07, 6.45) is 1.57. The molecule has 1 atom stereocenters. The average Bonchev–Trinajstić information content (AvgIpc) is 2.54. The van der Waals surface area contributed by atoms with Crippen LogP contribution in [0.5, 0.6) is 5.75 Å². The molecule has 3 aromatic rings. The number of nitrogens with zero attached hydrogens (tertiary/aromatic N) is 1. The molecule has 0 spiro atoms. The molecule has 0 amide bonds. The fraction of sp³-hybridized carbons (Fsp3) is 0.0588. The molecule has 0 saturated heterocycles. The van der Waals surface area contributed by atoms with E-state index < -0.39 is 12.0 Å². The molecule has 1 aromatic heterocycles. The SMILES string of the molecule is O=C(O)C(Nc1ccccn1)c1c(O)ccc2ccccc12. The van der Waals surface area contributed by atoms with Gasteiger partial charge in [0.05, 0.1) is 0 Å². The van der Waals surface area contributed by atoms with E-state index in [0.29, 0.717) is 16.8 Å². The highest BCUT2D eigenvalue weighted by molar-refractivity contribution is 5.93. The van der Waals surface area contributed by atoms with E-state index >= 15 is 0 Å². The van der Waals surface area contributed by atoms with E-state index in [4.69, 9.17) is 0 Å². The summed E-state index contributed by atoms with van der Waals surface area (Å²) in [5.41, 5.74) is 0.330. The molecule has 0 aliphatic rings. The second-order valence-electron chi connectivity index (χ2n) is 4.85. The number of phenolic OH excluding ortho intramolecular Hbond substituents is 1. The second-order valence-corrected chi connectivity index (χ2v) is 4.85. The van der Waals surface area contributed by atoms with Crippen LogP contribution in [0.15, 0.2) is 60.8 Å². The van der Waals surface area contributed by atoms with Crippen LogP contribution in [0.3, 0.4) is 0 Å². The first-order valence-corrected chi connectivity index (χ1v) is 6.78. The van der Waals surface area contributed by atoms with E-state index in [2.05, 4.69) is 10.3 Å². The number of carboxylic acid groups (broad SMARTS) is 1. The third kappa shape index (κ3) is 2.56. The quantitative estimate of drug-likeness (QED) is 0.688. The minimum Gasteiger partial charge on any atom is -0.508 e. The third-order valence-electron chi connectivity index (χ3n) is 3.44. The third-order valence-corrected chi connectivity index (χ3v) is 3.44. The van der Waals surface area contributed by atoms with Crippen LogP contribution in [0.4, 0.5) is 5.82 Å². The summed E-state index contributed by atoms with van der Waals surface area (Å²) in [5, 5.41) is 24.2. The molecule has 22 heavy (non-hydrogen) atoms. The van der Waals surface area contributed by atoms with Gasteiger partial charge in [0, 0.05) is 11.8 Å². The average molecular weight is 294 g/mol. The summed E-state index contributed by atoms with van der Waals surface area (Å²) in [7, 11) is 0. The van der Waals surface area contributed by atoms with Crippen molar-refractivity contribution < 1.29 is 15.0 Å². The number of benzene rings is 2. The van der Waals surface area contributed by atoms with Crippen molar-refractivity contribution in [3.8, 4) is 5.75 Å². The minimum absolute atomic E-state index is 0.0606. The van der Waals surface area contributed by atoms with Gasteiger partial charge in [0.2, 0.25) is 0 Å². The molecular formula is C17H14N2O3. The Balaban J connectivity index is 2.13. The molecule has 2 aromatic carbocycles. The Bertz CT molecular complexity index is 819. The van der Waals surface area contributed by atoms with Gasteiger partial charge in [-0.2, -0.15) is 0 Å². The molecule has 0 aliphatic carbocycles. The molecule has 110 valence electrons. The number of aromatic hydroxyl groups is 1. The van der Waals surface area contributed by atoms with Crippen LogP contribution in [-0.2, 0) is 4.79 Å². The van der Waals surface area contributed by atoms with Gasteiger partial charge < -0.3 is 15.5 Å². The molecule has 5 heteroatoms. The van der Waals surface area contributed by atoms with Gasteiger partial charge in [-0.05, 0) is 29.0 Å². The highest BCUT2D eigenvalue weighted by Crippen LogP contribution is 2.34. The molecular weight excluding hydrogens is 280 g/mol. The van der Waals surface area contributed by atoms with Crippen LogP contribution in [0.2, 0.25) is 0 Å². The first-order valence-electron chi connectivity index (χ1n) is 6.78. The van der Waals surface area contributed by atoms with Gasteiger partial charge in [-0.1, -0.05) is 36.4 Å². The second kappa shape index (κ2) is 5.73. The number of nitrogens with one attached hydrogen (secondary N) is 1. The van der Waals surface area contributed by atoms with Crippen molar-refractivity contribution in [2.24, 2.45) is 0 Å². The summed E-state index contributed by atoms with van der Waals surface area (Å²) < 4.78 is 0. The summed E-state index contributed by atoms with van der Waals surface area (Å²) in [4.78, 5) is 15.8. The number of carbonyl (C=O) groups is 1. The monoisotopic (exact) mass is 294 g/mol. The predicted octanol–water partition coefficient (Wildman–Crippen LogP) is 3.18. The van der Waals surface area contributed by atoms with Gasteiger partial charge in [-0.3, -0.25) is 0 Å². The van der Waals surface area contributed by atoms with Crippen LogP contribution >= 0.6 is 0 Å². The predicted molar refractivity (Wildman–Crippen MR) is 83.8 cm³/mol. The van der Waals surface area contributed by atoms with E-state index in [0.717, 1.165) is 5.39 Å². The zero-order valence-electron chi connectivity index (χ0n) is 11.6. The first kappa shape index (κ1) is 13.9. The molecule has 3 rings (SSSR count). The van der Waals surface area contributed by atoms with Crippen LogP contribution in [-0.4, -0.2) is 21.2 Å². The molecule has 0 radical (unpaired) electrons. The number of pyridine rings is 1. The highest BCUT2D eigenvalue weighted by atomic mass is 16.4. The number of anilines is 1. The fourth-order valence-corrected chi connectivity index (χ4v) is 2.44. The number of phenols is 1. The topological polar surface area (TPSA) is 82.5 Å². The summed E-state index contributed by atoms with van der Waals surface area (Å²) in [6, 6.07) is 14.7. The number of hydrogen-bond donors (Lipinski definition) is 3. The lowest BCUT2D eigenvalue weighted by Crippen LogP contribution is -2.21. The van der Waals surface area contributed by atoms with E-state index in [9.17, 15) is 15.0 Å². The summed E-state index contributed by atoms with van der Waals surface area (Å²) >= 11 is 0. The number of aliphatic carboxylic acids is 1. The number of fused-ring (bicyclic) bond motifs is 1. The van der Waals surface area contributed by atoms with Crippen molar-refractivity contribution >= 4 is 22.6 Å². The zero-order chi connectivity index (χ0) is 15.5. The minimum atomic E-state index is -1.10. The normalized spacial score (nSPS) is 12.0. The number of rotatable bonds is 4. The molecule has 1 unspecified atom stereocenters. The lowest BCUT2D eigenvalue weighted by molar-refractivity contribution is -0.138. The van der Waals surface area contributed by atoms with E-state index in [1.54, 1.807) is 36.5 Å². The van der Waals surface area contributed by atoms with Crippen molar-refractivity contribution in [3.63, 3.8) is 0 Å². The Kier molecular flexibility index (Phi) is 3.62. The van der Waals surface area contributed by atoms with Crippen molar-refractivity contribution in [3.05, 3.63) is 66.4 Å². The lowest BCUT2D eigenvalue weighted by Gasteiger charge is -2.18. The molecule has 3 N–H and O–H groups in total. The van der Waals surface area contributed by atoms with Gasteiger partial charge in [-0.25, -0.2) is 9.78 Å². The van der Waals surface area contributed by atoms with Crippen LogP contribution in [0.25, 0.3) is 10.8 Å². The van der Waals surface area contributed by atoms with E-state index in [1.807, 2.05) is 18.2 Å². The van der Waals surface area contributed by atoms with E-state index in [1.165, 1.54) is 6.07 Å². The van der Waals surface area contributed by atoms with Crippen molar-refractivity contribution in [2.45, 2.75) is 6.04 Å². The Morgan fingerprint density at radius 1 is 1.05 bits per heavy atom. The smallest absolute Gasteiger partial charge is 0.331 e. The maximum atomic E-state index is 11.7. The van der Waals surface area contributed by atoms with Crippen LogP contribution in [0, 0.1) is 0 Å². The van der Waals surface area contributed by atoms with E-state index in [-0.39, 0.29) is 5.75 Å². The van der Waals surface area contributed by atoms with Crippen LogP contribution in [0.1, 0.15) is 11.6 Å². The maximum absolute atomic E-state index is 11.7. The number of hydrogen-bond acceptors (Lipinski definition) is 4. The summed E-state index contributed by atoms with van der Waals surface area (Å²) in [5.74, 6) is -0.714. The van der Waals surface area contributed by atoms with Crippen molar-refractivity contribution in [1.82, 2.24) is 4.98 Å². The molecule has 5 nitrogen and oxygen atoms in total. The van der Waals surface area contributed by atoms with Crippen molar-refractivity contribution in [1.29, 1.82) is 0 Å². The maximum Gasteiger partial charge on any atom is 0.331 e. The molecule has 0 bridgehead atoms. The highest BCUT2D eigenvalue weighted by Gasteiger charge is 2.25. The Morgan fingerprint density at radius 3 is 2.55 bits per heavy atom.